The van der Waals surface area contributed by atoms with E-state index in [9.17, 15) is 10.2 Å². The van der Waals surface area contributed by atoms with E-state index in [0.717, 1.165) is 5.56 Å². The zero-order valence-corrected chi connectivity index (χ0v) is 10.2. The molecule has 0 aliphatic carbocycles. The van der Waals surface area contributed by atoms with E-state index in [2.05, 4.69) is 0 Å². The van der Waals surface area contributed by atoms with Crippen molar-refractivity contribution in [2.24, 2.45) is 5.41 Å². The molecule has 0 aliphatic rings. The molecule has 90 valence electrons. The van der Waals surface area contributed by atoms with Crippen LogP contribution in [0.25, 0.3) is 0 Å². The van der Waals surface area contributed by atoms with E-state index in [1.807, 2.05) is 56.3 Å². The summed E-state index contributed by atoms with van der Waals surface area (Å²) in [5.41, 5.74) is 0.573. The van der Waals surface area contributed by atoms with Gasteiger partial charge in [-0.3, -0.25) is 0 Å². The normalized spacial score (nSPS) is 14.1. The largest absolute Gasteiger partial charge is 0.396 e. The summed E-state index contributed by atoms with van der Waals surface area (Å²) in [6, 6.07) is 9.96. The van der Waals surface area contributed by atoms with Crippen LogP contribution in [0.2, 0.25) is 0 Å². The van der Waals surface area contributed by atoms with Gasteiger partial charge in [0.2, 0.25) is 0 Å². The molecule has 0 aliphatic heterocycles. The average molecular weight is 223 g/mol. The molecular weight excluding hydrogens is 202 g/mol. The number of aliphatic hydroxyl groups excluding tert-OH is 2. The van der Waals surface area contributed by atoms with Gasteiger partial charge in [-0.1, -0.05) is 37.3 Å². The number of aliphatic hydroxyl groups is 2. The molecule has 1 rings (SSSR count). The van der Waals surface area contributed by atoms with Crippen molar-refractivity contribution in [3.63, 3.8) is 0 Å². The number of hydrogen-bond donors (Lipinski definition) is 2. The van der Waals surface area contributed by atoms with Gasteiger partial charge >= 0.3 is 0 Å². The molecule has 3 nitrogen and oxygen atoms in total. The highest BCUT2D eigenvalue weighted by molar-refractivity contribution is 5.21. The lowest BCUT2D eigenvalue weighted by Gasteiger charge is -2.39. The fourth-order valence-electron chi connectivity index (χ4n) is 2.18. The zero-order chi connectivity index (χ0) is 12.2. The first-order chi connectivity index (χ1) is 7.55. The molecule has 0 spiro atoms. The number of hydrogen-bond acceptors (Lipinski definition) is 3. The molecule has 2 N–H and O–H groups in total. The smallest absolute Gasteiger partial charge is 0.0525 e. The third-order valence-electron chi connectivity index (χ3n) is 3.01. The molecule has 0 heterocycles. The van der Waals surface area contributed by atoms with Gasteiger partial charge in [-0.15, -0.1) is 0 Å². The van der Waals surface area contributed by atoms with Crippen LogP contribution in [0, 0.1) is 5.41 Å². The molecule has 1 unspecified atom stereocenters. The van der Waals surface area contributed by atoms with Gasteiger partial charge in [0, 0.05) is 11.5 Å². The lowest BCUT2D eigenvalue weighted by molar-refractivity contribution is 0.000631. The maximum atomic E-state index is 9.48. The highest BCUT2D eigenvalue weighted by Gasteiger charge is 2.35. The van der Waals surface area contributed by atoms with Crippen molar-refractivity contribution in [2.75, 3.05) is 27.3 Å². The first-order valence-electron chi connectivity index (χ1n) is 5.48. The quantitative estimate of drug-likeness (QED) is 0.790. The van der Waals surface area contributed by atoms with Crippen molar-refractivity contribution in [3.8, 4) is 0 Å². The molecule has 0 aromatic heterocycles. The Balaban J connectivity index is 3.09. The van der Waals surface area contributed by atoms with Gasteiger partial charge in [0.15, 0.2) is 0 Å². The van der Waals surface area contributed by atoms with Crippen LogP contribution in [-0.4, -0.2) is 42.4 Å². The number of nitrogens with zero attached hydrogens (tertiary/aromatic N) is 1. The maximum absolute atomic E-state index is 9.48. The van der Waals surface area contributed by atoms with E-state index in [-0.39, 0.29) is 19.3 Å². The van der Waals surface area contributed by atoms with E-state index in [1.54, 1.807) is 0 Å². The Labute approximate surface area is 97.3 Å². The van der Waals surface area contributed by atoms with Crippen LogP contribution in [0.4, 0.5) is 0 Å². The summed E-state index contributed by atoms with van der Waals surface area (Å²) in [6.45, 7) is 1.81. The van der Waals surface area contributed by atoms with Gasteiger partial charge in [-0.2, -0.15) is 0 Å². The van der Waals surface area contributed by atoms with Gasteiger partial charge in [-0.05, 0) is 19.7 Å². The molecule has 0 saturated carbocycles. The predicted molar refractivity (Wildman–Crippen MR) is 65.1 cm³/mol. The molecule has 0 radical (unpaired) electrons. The molecule has 0 fully saturated rings. The topological polar surface area (TPSA) is 43.7 Å². The minimum Gasteiger partial charge on any atom is -0.396 e. The molecule has 0 amide bonds. The standard InChI is InChI=1S/C13H21NO2/c1-13(9-15,10-16)12(14(2)3)11-7-5-4-6-8-11/h4-8,12,15-16H,9-10H2,1-3H3. The van der Waals surface area contributed by atoms with Gasteiger partial charge < -0.3 is 15.1 Å². The molecule has 1 aromatic rings. The second-order valence-electron chi connectivity index (χ2n) is 4.75. The van der Waals surface area contributed by atoms with Gasteiger partial charge in [0.05, 0.1) is 13.2 Å². The van der Waals surface area contributed by atoms with Crippen molar-refractivity contribution in [1.29, 1.82) is 0 Å². The number of rotatable bonds is 5. The molecular formula is C13H21NO2. The van der Waals surface area contributed by atoms with Gasteiger partial charge in [0.25, 0.3) is 0 Å². The lowest BCUT2D eigenvalue weighted by Crippen LogP contribution is -2.40. The van der Waals surface area contributed by atoms with Gasteiger partial charge in [-0.25, -0.2) is 0 Å². The molecule has 1 atom stereocenters. The molecule has 3 heteroatoms. The van der Waals surface area contributed by atoms with E-state index in [4.69, 9.17) is 0 Å². The fraction of sp³-hybridized carbons (Fsp3) is 0.538. The van der Waals surface area contributed by atoms with E-state index in [1.165, 1.54) is 0 Å². The van der Waals surface area contributed by atoms with Crippen LogP contribution >= 0.6 is 0 Å². The van der Waals surface area contributed by atoms with E-state index in [0.29, 0.717) is 0 Å². The Kier molecular flexibility index (Phi) is 4.47. The molecule has 0 saturated heterocycles. The fourth-order valence-corrected chi connectivity index (χ4v) is 2.18. The Bertz CT molecular complexity index is 307. The SMILES string of the molecule is CN(C)C(c1ccccc1)C(C)(CO)CO. The Morgan fingerprint density at radius 1 is 1.12 bits per heavy atom. The second kappa shape index (κ2) is 5.43. The van der Waals surface area contributed by atoms with Crippen LogP contribution < -0.4 is 0 Å². The van der Waals surface area contributed by atoms with Crippen molar-refractivity contribution < 1.29 is 10.2 Å². The summed E-state index contributed by atoms with van der Waals surface area (Å²) in [6.07, 6.45) is 0. The predicted octanol–water partition coefficient (Wildman–Crippen LogP) is 1.28. The third kappa shape index (κ3) is 2.61. The first-order valence-corrected chi connectivity index (χ1v) is 5.48. The van der Waals surface area contributed by atoms with Crippen LogP contribution in [0.15, 0.2) is 30.3 Å². The summed E-state index contributed by atoms with van der Waals surface area (Å²) < 4.78 is 0. The highest BCUT2D eigenvalue weighted by atomic mass is 16.3. The third-order valence-corrected chi connectivity index (χ3v) is 3.01. The van der Waals surface area contributed by atoms with E-state index >= 15 is 0 Å². The Morgan fingerprint density at radius 2 is 1.62 bits per heavy atom. The van der Waals surface area contributed by atoms with Crippen molar-refractivity contribution in [1.82, 2.24) is 4.90 Å². The van der Waals surface area contributed by atoms with Crippen LogP contribution in [0.5, 0.6) is 0 Å². The summed E-state index contributed by atoms with van der Waals surface area (Å²) in [7, 11) is 3.92. The van der Waals surface area contributed by atoms with Crippen molar-refractivity contribution in [2.45, 2.75) is 13.0 Å². The lowest BCUT2D eigenvalue weighted by atomic mass is 9.79. The summed E-state index contributed by atoms with van der Waals surface area (Å²) in [5, 5.41) is 19.0. The van der Waals surface area contributed by atoms with Gasteiger partial charge in [0.1, 0.15) is 0 Å². The monoisotopic (exact) mass is 223 g/mol. The minimum atomic E-state index is -0.537. The van der Waals surface area contributed by atoms with Crippen LogP contribution in [0.3, 0.4) is 0 Å². The Morgan fingerprint density at radius 3 is 2.00 bits per heavy atom. The molecule has 0 bridgehead atoms. The molecule has 1 aromatic carbocycles. The minimum absolute atomic E-state index is 0.00343. The van der Waals surface area contributed by atoms with Crippen molar-refractivity contribution >= 4 is 0 Å². The first kappa shape index (κ1) is 13.2. The van der Waals surface area contributed by atoms with Crippen molar-refractivity contribution in [3.05, 3.63) is 35.9 Å². The van der Waals surface area contributed by atoms with E-state index < -0.39 is 5.41 Å². The van der Waals surface area contributed by atoms with Crippen LogP contribution in [0.1, 0.15) is 18.5 Å². The van der Waals surface area contributed by atoms with Crippen LogP contribution in [-0.2, 0) is 0 Å². The highest BCUT2D eigenvalue weighted by Crippen LogP contribution is 2.36. The number of benzene rings is 1. The average Bonchev–Trinajstić information content (AvgIpc) is 2.30. The maximum Gasteiger partial charge on any atom is 0.0525 e. The zero-order valence-electron chi connectivity index (χ0n) is 10.2. The molecule has 16 heavy (non-hydrogen) atoms. The second-order valence-corrected chi connectivity index (χ2v) is 4.75. The summed E-state index contributed by atoms with van der Waals surface area (Å²) >= 11 is 0. The summed E-state index contributed by atoms with van der Waals surface area (Å²) in [4.78, 5) is 2.03. The Hall–Kier alpha value is -0.900. The summed E-state index contributed by atoms with van der Waals surface area (Å²) in [5.74, 6) is 0.